The summed E-state index contributed by atoms with van der Waals surface area (Å²) in [6, 6.07) is 0. The third kappa shape index (κ3) is 1.06. The lowest BCUT2D eigenvalue weighted by atomic mass is 10.0. The highest BCUT2D eigenvalue weighted by Gasteiger charge is 2.32. The van der Waals surface area contributed by atoms with Crippen molar-refractivity contribution in [3.63, 3.8) is 0 Å². The Bertz CT molecular complexity index is 367. The molecule has 0 saturated heterocycles. The fourth-order valence-corrected chi connectivity index (χ4v) is 3.73. The summed E-state index contributed by atoms with van der Waals surface area (Å²) in [6.45, 7) is 11.3. The van der Waals surface area contributed by atoms with Crippen molar-refractivity contribution in [1.82, 2.24) is 0 Å². The largest absolute Gasteiger partial charge is 0.122 e. The molecule has 1 heterocycles. The molecule has 1 atom stereocenters. The van der Waals surface area contributed by atoms with Gasteiger partial charge in [-0.3, -0.25) is 0 Å². The Morgan fingerprint density at radius 3 is 2.08 bits per heavy atom. The molecule has 2 rings (SSSR count). The monoisotopic (exact) mass is 192 g/mol. The third-order valence-corrected chi connectivity index (χ3v) is 4.43. The Kier molecular flexibility index (Phi) is 1.95. The summed E-state index contributed by atoms with van der Waals surface area (Å²) in [7, 11) is 0. The van der Waals surface area contributed by atoms with Crippen molar-refractivity contribution in [2.45, 2.75) is 39.9 Å². The summed E-state index contributed by atoms with van der Waals surface area (Å²) in [4.78, 5) is 1.51. The van der Waals surface area contributed by atoms with Crippen LogP contribution < -0.4 is 0 Å². The molecule has 70 valence electrons. The van der Waals surface area contributed by atoms with Gasteiger partial charge in [0.15, 0.2) is 0 Å². The van der Waals surface area contributed by atoms with E-state index in [2.05, 4.69) is 34.6 Å². The third-order valence-electron chi connectivity index (χ3n) is 3.29. The zero-order chi connectivity index (χ0) is 9.75. The van der Waals surface area contributed by atoms with Gasteiger partial charge in [-0.2, -0.15) is 0 Å². The van der Waals surface area contributed by atoms with E-state index in [1.54, 1.807) is 11.1 Å². The summed E-state index contributed by atoms with van der Waals surface area (Å²) in [6.07, 6.45) is 0. The van der Waals surface area contributed by atoms with Gasteiger partial charge in [-0.1, -0.05) is 0 Å². The molecule has 0 nitrogen and oxygen atoms in total. The highest BCUT2D eigenvalue weighted by Crippen LogP contribution is 2.51. The van der Waals surface area contributed by atoms with E-state index in [9.17, 15) is 0 Å². The van der Waals surface area contributed by atoms with E-state index in [4.69, 9.17) is 0 Å². The van der Waals surface area contributed by atoms with Crippen LogP contribution in [0.2, 0.25) is 0 Å². The topological polar surface area (TPSA) is 0 Å². The summed E-state index contributed by atoms with van der Waals surface area (Å²) < 4.78 is 0. The smallest absolute Gasteiger partial charge is 0.0322 e. The van der Waals surface area contributed by atoms with Crippen molar-refractivity contribution in [1.29, 1.82) is 0 Å². The van der Waals surface area contributed by atoms with Gasteiger partial charge < -0.3 is 0 Å². The Morgan fingerprint density at radius 1 is 0.923 bits per heavy atom. The molecule has 0 radical (unpaired) electrons. The van der Waals surface area contributed by atoms with E-state index < -0.39 is 0 Å². The van der Waals surface area contributed by atoms with Crippen molar-refractivity contribution >= 4 is 11.8 Å². The Balaban J connectivity index is 2.65. The molecule has 0 N–H and O–H groups in total. The van der Waals surface area contributed by atoms with Crippen LogP contribution in [-0.2, 0) is 0 Å². The standard InChI is InChI=1S/C12H16S/c1-6-7(2)11-9(4)13-10(5)12(11)8(6)3/h9H,1-5H3. The molecular formula is C12H16S. The molecule has 0 aromatic rings. The highest BCUT2D eigenvalue weighted by molar-refractivity contribution is 8.04. The van der Waals surface area contributed by atoms with Crippen LogP contribution in [0.5, 0.6) is 0 Å². The van der Waals surface area contributed by atoms with E-state index in [1.165, 1.54) is 21.6 Å². The Labute approximate surface area is 84.8 Å². The lowest BCUT2D eigenvalue weighted by molar-refractivity contribution is 1.14. The molecule has 0 bridgehead atoms. The van der Waals surface area contributed by atoms with Crippen molar-refractivity contribution in [2.24, 2.45) is 0 Å². The van der Waals surface area contributed by atoms with Crippen molar-refractivity contribution in [2.75, 3.05) is 0 Å². The second-order valence-electron chi connectivity index (χ2n) is 3.98. The van der Waals surface area contributed by atoms with Crippen molar-refractivity contribution in [3.05, 3.63) is 32.8 Å². The Morgan fingerprint density at radius 2 is 1.54 bits per heavy atom. The molecule has 0 spiro atoms. The molecule has 0 fully saturated rings. The van der Waals surface area contributed by atoms with Crippen LogP contribution in [0.4, 0.5) is 0 Å². The molecule has 1 unspecified atom stereocenters. The van der Waals surface area contributed by atoms with E-state index >= 15 is 0 Å². The minimum absolute atomic E-state index is 0.669. The second-order valence-corrected chi connectivity index (χ2v) is 5.54. The van der Waals surface area contributed by atoms with Gasteiger partial charge in [0, 0.05) is 5.25 Å². The van der Waals surface area contributed by atoms with Gasteiger partial charge in [-0.05, 0) is 67.4 Å². The number of rotatable bonds is 0. The minimum Gasteiger partial charge on any atom is -0.122 e. The first-order valence-electron chi connectivity index (χ1n) is 4.81. The maximum atomic E-state index is 2.31. The normalized spacial score (nSPS) is 27.9. The lowest BCUT2D eigenvalue weighted by Crippen LogP contribution is -1.96. The van der Waals surface area contributed by atoms with Crippen LogP contribution in [0.3, 0.4) is 0 Å². The second kappa shape index (κ2) is 2.78. The van der Waals surface area contributed by atoms with E-state index in [0.29, 0.717) is 5.25 Å². The van der Waals surface area contributed by atoms with Crippen LogP contribution in [0.1, 0.15) is 34.6 Å². The minimum atomic E-state index is 0.669. The van der Waals surface area contributed by atoms with Crippen LogP contribution in [0.25, 0.3) is 0 Å². The van der Waals surface area contributed by atoms with Gasteiger partial charge in [0.25, 0.3) is 0 Å². The van der Waals surface area contributed by atoms with Gasteiger partial charge in [0.1, 0.15) is 0 Å². The molecular weight excluding hydrogens is 176 g/mol. The summed E-state index contributed by atoms with van der Waals surface area (Å²) >= 11 is 2.01. The quantitative estimate of drug-likeness (QED) is 0.557. The molecule has 2 aliphatic rings. The number of hydrogen-bond donors (Lipinski definition) is 0. The fourth-order valence-electron chi connectivity index (χ4n) is 2.41. The van der Waals surface area contributed by atoms with Crippen LogP contribution in [0.15, 0.2) is 32.8 Å². The first-order valence-corrected chi connectivity index (χ1v) is 5.69. The van der Waals surface area contributed by atoms with E-state index in [1.807, 2.05) is 11.8 Å². The summed E-state index contributed by atoms with van der Waals surface area (Å²) in [5, 5.41) is 0.669. The maximum absolute atomic E-state index is 2.31. The summed E-state index contributed by atoms with van der Waals surface area (Å²) in [5.41, 5.74) is 7.66. The van der Waals surface area contributed by atoms with E-state index in [-0.39, 0.29) is 0 Å². The number of thioether (sulfide) groups is 1. The lowest BCUT2D eigenvalue weighted by Gasteiger charge is -2.06. The zero-order valence-electron chi connectivity index (χ0n) is 8.99. The molecule has 0 aromatic carbocycles. The molecule has 1 aliphatic heterocycles. The first kappa shape index (κ1) is 9.14. The molecule has 0 amide bonds. The molecule has 0 saturated carbocycles. The fraction of sp³-hybridized carbons (Fsp3) is 0.500. The number of allylic oxidation sites excluding steroid dienone is 5. The SMILES string of the molecule is CC1=C2C(C)=C(C)C(C)=C2C(C)S1. The molecule has 13 heavy (non-hydrogen) atoms. The van der Waals surface area contributed by atoms with Gasteiger partial charge >= 0.3 is 0 Å². The summed E-state index contributed by atoms with van der Waals surface area (Å²) in [5.74, 6) is 0. The highest BCUT2D eigenvalue weighted by atomic mass is 32.2. The van der Waals surface area contributed by atoms with Gasteiger partial charge in [0.2, 0.25) is 0 Å². The average Bonchev–Trinajstić information content (AvgIpc) is 2.47. The maximum Gasteiger partial charge on any atom is 0.0322 e. The number of hydrogen-bond acceptors (Lipinski definition) is 1. The first-order chi connectivity index (χ1) is 6.04. The van der Waals surface area contributed by atoms with Gasteiger partial charge in [-0.25, -0.2) is 0 Å². The van der Waals surface area contributed by atoms with Crippen molar-refractivity contribution in [3.8, 4) is 0 Å². The van der Waals surface area contributed by atoms with Crippen LogP contribution in [-0.4, -0.2) is 5.25 Å². The average molecular weight is 192 g/mol. The van der Waals surface area contributed by atoms with E-state index in [0.717, 1.165) is 0 Å². The predicted octanol–water partition coefficient (Wildman–Crippen LogP) is 4.06. The Hall–Kier alpha value is -0.430. The zero-order valence-corrected chi connectivity index (χ0v) is 9.80. The predicted molar refractivity (Wildman–Crippen MR) is 60.8 cm³/mol. The molecule has 1 heteroatoms. The van der Waals surface area contributed by atoms with Crippen molar-refractivity contribution < 1.29 is 0 Å². The van der Waals surface area contributed by atoms with Gasteiger partial charge in [-0.15, -0.1) is 11.8 Å². The van der Waals surface area contributed by atoms with Crippen LogP contribution in [0, 0.1) is 0 Å². The number of fused-ring (bicyclic) bond motifs is 1. The van der Waals surface area contributed by atoms with Gasteiger partial charge in [0.05, 0.1) is 0 Å². The molecule has 1 aliphatic carbocycles. The van der Waals surface area contributed by atoms with Crippen LogP contribution >= 0.6 is 11.8 Å². The molecule has 0 aromatic heterocycles.